The summed E-state index contributed by atoms with van der Waals surface area (Å²) in [4.78, 5) is 28.0. The van der Waals surface area contributed by atoms with Crippen molar-refractivity contribution in [1.29, 1.82) is 5.26 Å². The standard InChI is InChI=1S/C17H17N3O3/c18-9-10-5-6-13(12-4-2-1-3-11(10)12)20-16(22)15-14(21)7-8-19(15)17(20)23/h5-6,14-15,21H,1-4,7-8H2. The van der Waals surface area contributed by atoms with Gasteiger partial charge in [-0.2, -0.15) is 5.26 Å². The van der Waals surface area contributed by atoms with Crippen molar-refractivity contribution in [2.45, 2.75) is 44.2 Å². The molecule has 6 nitrogen and oxygen atoms in total. The molecule has 0 bridgehead atoms. The summed E-state index contributed by atoms with van der Waals surface area (Å²) in [5.41, 5.74) is 3.12. The third-order valence-corrected chi connectivity index (χ3v) is 5.15. The topological polar surface area (TPSA) is 84.6 Å². The van der Waals surface area contributed by atoms with Crippen LogP contribution in [0.5, 0.6) is 0 Å². The Bertz CT molecular complexity index is 752. The summed E-state index contributed by atoms with van der Waals surface area (Å²) in [5, 5.41) is 19.3. The fourth-order valence-electron chi connectivity index (χ4n) is 4.03. The molecule has 118 valence electrons. The maximum absolute atomic E-state index is 12.7. The number of benzene rings is 1. The minimum atomic E-state index is -0.786. The first-order chi connectivity index (χ1) is 11.1. The Balaban J connectivity index is 1.81. The van der Waals surface area contributed by atoms with E-state index in [9.17, 15) is 20.0 Å². The van der Waals surface area contributed by atoms with Gasteiger partial charge in [0.15, 0.2) is 0 Å². The number of nitrogens with zero attached hydrogens (tertiary/aromatic N) is 3. The highest BCUT2D eigenvalue weighted by Gasteiger charge is 2.53. The van der Waals surface area contributed by atoms with Crippen molar-refractivity contribution < 1.29 is 14.7 Å². The summed E-state index contributed by atoms with van der Waals surface area (Å²) in [6.45, 7) is 0.408. The van der Waals surface area contributed by atoms with Gasteiger partial charge >= 0.3 is 6.03 Å². The number of aliphatic hydroxyl groups excluding tert-OH is 1. The van der Waals surface area contributed by atoms with Crippen LogP contribution >= 0.6 is 0 Å². The molecule has 1 aromatic rings. The van der Waals surface area contributed by atoms with E-state index in [1.165, 1.54) is 9.80 Å². The molecule has 6 heteroatoms. The van der Waals surface area contributed by atoms with Crippen LogP contribution in [0.4, 0.5) is 10.5 Å². The largest absolute Gasteiger partial charge is 0.390 e. The Morgan fingerprint density at radius 2 is 1.91 bits per heavy atom. The number of hydrogen-bond donors (Lipinski definition) is 1. The summed E-state index contributed by atoms with van der Waals surface area (Å²) in [6, 6.07) is 4.49. The number of anilines is 1. The van der Waals surface area contributed by atoms with Crippen LogP contribution in [-0.2, 0) is 17.6 Å². The van der Waals surface area contributed by atoms with Crippen molar-refractivity contribution >= 4 is 17.6 Å². The predicted molar refractivity (Wildman–Crippen MR) is 81.8 cm³/mol. The number of imide groups is 1. The van der Waals surface area contributed by atoms with Crippen molar-refractivity contribution in [1.82, 2.24) is 4.90 Å². The third kappa shape index (κ3) is 1.90. The van der Waals surface area contributed by atoms with E-state index in [4.69, 9.17) is 0 Å². The van der Waals surface area contributed by atoms with Crippen LogP contribution in [0.2, 0.25) is 0 Å². The summed E-state index contributed by atoms with van der Waals surface area (Å²) in [6.07, 6.45) is 3.23. The second-order valence-electron chi connectivity index (χ2n) is 6.36. The van der Waals surface area contributed by atoms with Gasteiger partial charge in [-0.05, 0) is 55.4 Å². The Kier molecular flexibility index (Phi) is 3.13. The molecule has 4 rings (SSSR count). The fourth-order valence-corrected chi connectivity index (χ4v) is 4.03. The number of aliphatic hydroxyl groups is 1. The molecular formula is C17H17N3O3. The van der Waals surface area contributed by atoms with Crippen molar-refractivity contribution in [2.75, 3.05) is 11.4 Å². The monoisotopic (exact) mass is 311 g/mol. The molecule has 1 aromatic carbocycles. The maximum atomic E-state index is 12.7. The van der Waals surface area contributed by atoms with Gasteiger partial charge in [0.2, 0.25) is 0 Å². The minimum absolute atomic E-state index is 0.350. The van der Waals surface area contributed by atoms with Crippen molar-refractivity contribution in [3.05, 3.63) is 28.8 Å². The lowest BCUT2D eigenvalue weighted by Crippen LogP contribution is -2.37. The zero-order chi connectivity index (χ0) is 16.1. The SMILES string of the molecule is N#Cc1ccc(N2C(=O)C3C(O)CCN3C2=O)c2c1CCCC2. The molecule has 2 saturated heterocycles. The van der Waals surface area contributed by atoms with Gasteiger partial charge in [-0.25, -0.2) is 9.69 Å². The zero-order valence-electron chi connectivity index (χ0n) is 12.7. The molecule has 23 heavy (non-hydrogen) atoms. The van der Waals surface area contributed by atoms with Crippen LogP contribution in [-0.4, -0.2) is 40.6 Å². The Morgan fingerprint density at radius 3 is 2.61 bits per heavy atom. The molecule has 1 N–H and O–H groups in total. The first-order valence-corrected chi connectivity index (χ1v) is 8.01. The molecular weight excluding hydrogens is 294 g/mol. The summed E-state index contributed by atoms with van der Waals surface area (Å²) < 4.78 is 0. The van der Waals surface area contributed by atoms with Gasteiger partial charge in [0.25, 0.3) is 5.91 Å². The molecule has 1 aliphatic carbocycles. The van der Waals surface area contributed by atoms with E-state index in [1.54, 1.807) is 12.1 Å². The first kappa shape index (κ1) is 14.2. The number of carbonyl (C=O) groups excluding carboxylic acids is 2. The molecule has 0 radical (unpaired) electrons. The van der Waals surface area contributed by atoms with Crippen molar-refractivity contribution in [3.63, 3.8) is 0 Å². The van der Waals surface area contributed by atoms with E-state index in [2.05, 4.69) is 6.07 Å². The van der Waals surface area contributed by atoms with Gasteiger partial charge in [-0.1, -0.05) is 0 Å². The average Bonchev–Trinajstić information content (AvgIpc) is 3.07. The number of fused-ring (bicyclic) bond motifs is 2. The second-order valence-corrected chi connectivity index (χ2v) is 6.36. The lowest BCUT2D eigenvalue weighted by Gasteiger charge is -2.25. The van der Waals surface area contributed by atoms with Gasteiger partial charge in [-0.15, -0.1) is 0 Å². The quantitative estimate of drug-likeness (QED) is 0.793. The highest BCUT2D eigenvalue weighted by Crippen LogP contribution is 2.37. The normalized spacial score (nSPS) is 26.3. The zero-order valence-corrected chi connectivity index (χ0v) is 12.7. The van der Waals surface area contributed by atoms with Crippen LogP contribution in [0.3, 0.4) is 0 Å². The Hall–Kier alpha value is -2.39. The van der Waals surface area contributed by atoms with Crippen LogP contribution in [0.15, 0.2) is 12.1 Å². The van der Waals surface area contributed by atoms with Crippen LogP contribution in [0.25, 0.3) is 0 Å². The highest BCUT2D eigenvalue weighted by atomic mass is 16.3. The van der Waals surface area contributed by atoms with Crippen LogP contribution in [0, 0.1) is 11.3 Å². The van der Waals surface area contributed by atoms with Gasteiger partial charge in [-0.3, -0.25) is 4.79 Å². The lowest BCUT2D eigenvalue weighted by atomic mass is 9.87. The molecule has 2 fully saturated rings. The number of nitriles is 1. The first-order valence-electron chi connectivity index (χ1n) is 8.01. The smallest absolute Gasteiger partial charge is 0.332 e. The number of amides is 3. The number of urea groups is 1. The molecule has 0 saturated carbocycles. The molecule has 2 heterocycles. The van der Waals surface area contributed by atoms with Gasteiger partial charge in [0.05, 0.1) is 23.4 Å². The summed E-state index contributed by atoms with van der Waals surface area (Å²) in [5.74, 6) is -0.350. The predicted octanol–water partition coefficient (Wildman–Crippen LogP) is 1.34. The van der Waals surface area contributed by atoms with E-state index < -0.39 is 12.1 Å². The lowest BCUT2D eigenvalue weighted by molar-refractivity contribution is -0.121. The van der Waals surface area contributed by atoms with E-state index in [1.807, 2.05) is 0 Å². The molecule has 2 aliphatic heterocycles. The van der Waals surface area contributed by atoms with Crippen molar-refractivity contribution in [3.8, 4) is 6.07 Å². The van der Waals surface area contributed by atoms with Gasteiger partial charge < -0.3 is 10.0 Å². The Morgan fingerprint density at radius 1 is 1.17 bits per heavy atom. The van der Waals surface area contributed by atoms with Gasteiger partial charge in [0.1, 0.15) is 6.04 Å². The van der Waals surface area contributed by atoms with E-state index in [0.717, 1.165) is 36.8 Å². The van der Waals surface area contributed by atoms with E-state index in [-0.39, 0.29) is 11.9 Å². The molecule has 3 amide bonds. The average molecular weight is 311 g/mol. The van der Waals surface area contributed by atoms with Gasteiger partial charge in [0, 0.05) is 6.54 Å². The minimum Gasteiger partial charge on any atom is -0.390 e. The number of rotatable bonds is 1. The van der Waals surface area contributed by atoms with E-state index in [0.29, 0.717) is 24.2 Å². The summed E-state index contributed by atoms with van der Waals surface area (Å²) >= 11 is 0. The number of carbonyl (C=O) groups is 2. The molecule has 0 spiro atoms. The molecule has 0 aromatic heterocycles. The fraction of sp³-hybridized carbons (Fsp3) is 0.471. The Labute approximate surface area is 133 Å². The maximum Gasteiger partial charge on any atom is 0.332 e. The molecule has 2 unspecified atom stereocenters. The summed E-state index contributed by atoms with van der Waals surface area (Å²) in [7, 11) is 0. The van der Waals surface area contributed by atoms with Crippen LogP contribution in [0.1, 0.15) is 36.0 Å². The number of hydrogen-bond acceptors (Lipinski definition) is 4. The third-order valence-electron chi connectivity index (χ3n) is 5.15. The van der Waals surface area contributed by atoms with E-state index >= 15 is 0 Å². The molecule has 2 atom stereocenters. The van der Waals surface area contributed by atoms with Crippen molar-refractivity contribution in [2.24, 2.45) is 0 Å². The highest BCUT2D eigenvalue weighted by molar-refractivity contribution is 6.22. The van der Waals surface area contributed by atoms with Crippen LogP contribution < -0.4 is 4.90 Å². The molecule has 3 aliphatic rings. The second kappa shape index (κ2) is 5.07.